The van der Waals surface area contributed by atoms with Crippen molar-refractivity contribution >= 4 is 17.4 Å². The molecule has 2 rings (SSSR count). The van der Waals surface area contributed by atoms with E-state index in [0.717, 1.165) is 11.6 Å². The van der Waals surface area contributed by atoms with Gasteiger partial charge in [0.15, 0.2) is 5.78 Å². The third kappa shape index (κ3) is 3.29. The van der Waals surface area contributed by atoms with Crippen LogP contribution in [-0.4, -0.2) is 10.8 Å². The van der Waals surface area contributed by atoms with Gasteiger partial charge >= 0.3 is 0 Å². The second kappa shape index (κ2) is 5.80. The first-order valence-electron chi connectivity index (χ1n) is 5.59. The molecular formula is C14H11ClFNO2. The molecule has 0 unspecified atom stereocenters. The van der Waals surface area contributed by atoms with Crippen molar-refractivity contribution in [2.24, 2.45) is 0 Å². The Morgan fingerprint density at radius 3 is 2.89 bits per heavy atom. The molecule has 5 heteroatoms. The molecule has 0 aliphatic carbocycles. The van der Waals surface area contributed by atoms with Crippen LogP contribution in [-0.2, 0) is 6.61 Å². The van der Waals surface area contributed by atoms with Crippen LogP contribution in [0.3, 0.4) is 0 Å². The average Bonchev–Trinajstić information content (AvgIpc) is 2.38. The predicted molar refractivity (Wildman–Crippen MR) is 70.0 cm³/mol. The van der Waals surface area contributed by atoms with Crippen molar-refractivity contribution in [3.05, 3.63) is 58.6 Å². The van der Waals surface area contributed by atoms with Crippen LogP contribution < -0.4 is 4.74 Å². The van der Waals surface area contributed by atoms with E-state index in [1.54, 1.807) is 12.3 Å². The lowest BCUT2D eigenvalue weighted by Gasteiger charge is -2.10. The number of nitrogens with zero attached hydrogens (tertiary/aromatic N) is 1. The van der Waals surface area contributed by atoms with E-state index < -0.39 is 5.82 Å². The summed E-state index contributed by atoms with van der Waals surface area (Å²) < 4.78 is 18.6. The zero-order chi connectivity index (χ0) is 13.8. The maximum absolute atomic E-state index is 13.1. The normalized spacial score (nSPS) is 10.3. The number of pyridine rings is 1. The molecule has 3 nitrogen and oxygen atoms in total. The fourth-order valence-corrected chi connectivity index (χ4v) is 1.75. The molecule has 0 amide bonds. The number of carbonyl (C=O) groups is 1. The van der Waals surface area contributed by atoms with Crippen LogP contribution in [0.25, 0.3) is 0 Å². The summed E-state index contributed by atoms with van der Waals surface area (Å²) in [6, 6.07) is 5.56. The first-order chi connectivity index (χ1) is 9.08. The Hall–Kier alpha value is -1.94. The first-order valence-corrected chi connectivity index (χ1v) is 5.97. The summed E-state index contributed by atoms with van der Waals surface area (Å²) in [4.78, 5) is 15.3. The summed E-state index contributed by atoms with van der Waals surface area (Å²) in [5, 5.41) is 0.481. The van der Waals surface area contributed by atoms with Crippen molar-refractivity contribution in [3.63, 3.8) is 0 Å². The number of aromatic nitrogens is 1. The number of Topliss-reactive ketones (excluding diaryl/α,β-unsaturated/α-hetero) is 1. The van der Waals surface area contributed by atoms with E-state index in [1.165, 1.54) is 25.3 Å². The topological polar surface area (TPSA) is 39.2 Å². The molecule has 19 heavy (non-hydrogen) atoms. The second-order valence-corrected chi connectivity index (χ2v) is 4.36. The highest BCUT2D eigenvalue weighted by molar-refractivity contribution is 6.31. The van der Waals surface area contributed by atoms with E-state index in [0.29, 0.717) is 10.8 Å². The van der Waals surface area contributed by atoms with E-state index in [-0.39, 0.29) is 18.0 Å². The summed E-state index contributed by atoms with van der Waals surface area (Å²) in [7, 11) is 0. The van der Waals surface area contributed by atoms with Crippen LogP contribution in [0.5, 0.6) is 5.75 Å². The number of hydrogen-bond donors (Lipinski definition) is 0. The second-order valence-electron chi connectivity index (χ2n) is 3.95. The fraction of sp³-hybridized carbons (Fsp3) is 0.143. The van der Waals surface area contributed by atoms with E-state index >= 15 is 0 Å². The van der Waals surface area contributed by atoms with Crippen molar-refractivity contribution in [1.29, 1.82) is 0 Å². The Balaban J connectivity index is 2.20. The van der Waals surface area contributed by atoms with Crippen LogP contribution in [0.15, 0.2) is 36.7 Å². The average molecular weight is 280 g/mol. The highest BCUT2D eigenvalue weighted by atomic mass is 35.5. The molecule has 0 radical (unpaired) electrons. The van der Waals surface area contributed by atoms with E-state index in [2.05, 4.69) is 4.98 Å². The number of carbonyl (C=O) groups excluding carboxylic acids is 1. The van der Waals surface area contributed by atoms with Gasteiger partial charge in [0.05, 0.1) is 10.6 Å². The molecule has 0 N–H and O–H groups in total. The van der Waals surface area contributed by atoms with Crippen LogP contribution in [0.4, 0.5) is 4.39 Å². The monoisotopic (exact) mass is 279 g/mol. The third-order valence-electron chi connectivity index (χ3n) is 2.56. The van der Waals surface area contributed by atoms with Crippen molar-refractivity contribution in [1.82, 2.24) is 4.98 Å². The standard InChI is InChI=1S/C14H11ClFNO2/c1-9(18)12-6-11(16)2-3-14(12)19-8-10-4-5-17-7-13(10)15/h2-7H,8H2,1H3. The van der Waals surface area contributed by atoms with E-state index in [1.807, 2.05) is 0 Å². The molecule has 0 aliphatic rings. The lowest BCUT2D eigenvalue weighted by molar-refractivity contribution is 0.101. The van der Waals surface area contributed by atoms with Gasteiger partial charge < -0.3 is 4.74 Å². The highest BCUT2D eigenvalue weighted by Gasteiger charge is 2.10. The Kier molecular flexibility index (Phi) is 4.12. The Morgan fingerprint density at radius 1 is 1.42 bits per heavy atom. The fourth-order valence-electron chi connectivity index (χ4n) is 1.58. The summed E-state index contributed by atoms with van der Waals surface area (Å²) >= 11 is 5.95. The summed E-state index contributed by atoms with van der Waals surface area (Å²) in [5.74, 6) is -0.392. The summed E-state index contributed by atoms with van der Waals surface area (Å²) in [5.41, 5.74) is 0.959. The molecule has 0 spiro atoms. The quantitative estimate of drug-likeness (QED) is 0.802. The molecular weight excluding hydrogens is 269 g/mol. The van der Waals surface area contributed by atoms with Gasteiger partial charge in [-0.15, -0.1) is 0 Å². The zero-order valence-electron chi connectivity index (χ0n) is 10.2. The van der Waals surface area contributed by atoms with Crippen molar-refractivity contribution in [3.8, 4) is 5.75 Å². The number of benzene rings is 1. The van der Waals surface area contributed by atoms with Crippen LogP contribution in [0.1, 0.15) is 22.8 Å². The molecule has 1 heterocycles. The van der Waals surface area contributed by atoms with Gasteiger partial charge in [-0.2, -0.15) is 0 Å². The maximum atomic E-state index is 13.1. The largest absolute Gasteiger partial charge is 0.488 e. The van der Waals surface area contributed by atoms with Gasteiger partial charge in [-0.05, 0) is 31.2 Å². The number of rotatable bonds is 4. The van der Waals surface area contributed by atoms with Crippen LogP contribution >= 0.6 is 11.6 Å². The van der Waals surface area contributed by atoms with Gasteiger partial charge in [-0.25, -0.2) is 4.39 Å². The molecule has 2 aromatic rings. The summed E-state index contributed by atoms with van der Waals surface area (Å²) in [6.07, 6.45) is 3.11. The SMILES string of the molecule is CC(=O)c1cc(F)ccc1OCc1ccncc1Cl. The van der Waals surface area contributed by atoms with Crippen molar-refractivity contribution in [2.45, 2.75) is 13.5 Å². The third-order valence-corrected chi connectivity index (χ3v) is 2.90. The molecule has 1 aromatic carbocycles. The lowest BCUT2D eigenvalue weighted by Crippen LogP contribution is -2.02. The Morgan fingerprint density at radius 2 is 2.21 bits per heavy atom. The minimum atomic E-state index is -0.473. The Bertz CT molecular complexity index is 616. The molecule has 98 valence electrons. The van der Waals surface area contributed by atoms with Crippen LogP contribution in [0.2, 0.25) is 5.02 Å². The van der Waals surface area contributed by atoms with Crippen LogP contribution in [0, 0.1) is 5.82 Å². The molecule has 0 saturated carbocycles. The number of ketones is 1. The number of halogens is 2. The molecule has 0 atom stereocenters. The minimum absolute atomic E-state index is 0.188. The minimum Gasteiger partial charge on any atom is -0.488 e. The molecule has 1 aromatic heterocycles. The van der Waals surface area contributed by atoms with Gasteiger partial charge in [-0.1, -0.05) is 11.6 Å². The van der Waals surface area contributed by atoms with Gasteiger partial charge in [0, 0.05) is 18.0 Å². The maximum Gasteiger partial charge on any atom is 0.163 e. The van der Waals surface area contributed by atoms with E-state index in [4.69, 9.17) is 16.3 Å². The lowest BCUT2D eigenvalue weighted by atomic mass is 10.1. The van der Waals surface area contributed by atoms with Gasteiger partial charge in [0.2, 0.25) is 0 Å². The first kappa shape index (κ1) is 13.5. The Labute approximate surface area is 115 Å². The molecule has 0 bridgehead atoms. The van der Waals surface area contributed by atoms with Crippen molar-refractivity contribution in [2.75, 3.05) is 0 Å². The zero-order valence-corrected chi connectivity index (χ0v) is 10.9. The number of ether oxygens (including phenoxy) is 1. The summed E-state index contributed by atoms with van der Waals surface area (Å²) in [6.45, 7) is 1.55. The predicted octanol–water partition coefficient (Wildman–Crippen LogP) is 3.66. The van der Waals surface area contributed by atoms with E-state index in [9.17, 15) is 9.18 Å². The molecule has 0 aliphatic heterocycles. The molecule has 0 fully saturated rings. The van der Waals surface area contributed by atoms with Gasteiger partial charge in [0.25, 0.3) is 0 Å². The molecule has 0 saturated heterocycles. The van der Waals surface area contributed by atoms with Gasteiger partial charge in [0.1, 0.15) is 18.2 Å². The van der Waals surface area contributed by atoms with Gasteiger partial charge in [-0.3, -0.25) is 9.78 Å². The highest BCUT2D eigenvalue weighted by Crippen LogP contribution is 2.23. The number of hydrogen-bond acceptors (Lipinski definition) is 3. The van der Waals surface area contributed by atoms with Crippen molar-refractivity contribution < 1.29 is 13.9 Å². The smallest absolute Gasteiger partial charge is 0.163 e.